The fourth-order valence-electron chi connectivity index (χ4n) is 5.02. The van der Waals surface area contributed by atoms with Crippen LogP contribution in [0.25, 0.3) is 11.3 Å². The molecular formula is C34H38N6O3S. The number of hydrogen-bond acceptors (Lipinski definition) is 6. The third-order valence-electron chi connectivity index (χ3n) is 7.51. The third-order valence-corrected chi connectivity index (χ3v) is 8.88. The van der Waals surface area contributed by atoms with Crippen LogP contribution < -0.4 is 10.4 Å². The minimum atomic E-state index is -3.76. The zero-order valence-corrected chi connectivity index (χ0v) is 26.4. The summed E-state index contributed by atoms with van der Waals surface area (Å²) in [6, 6.07) is 24.5. The van der Waals surface area contributed by atoms with Gasteiger partial charge >= 0.3 is 5.69 Å². The lowest BCUT2D eigenvalue weighted by Gasteiger charge is -2.19. The Morgan fingerprint density at radius 2 is 1.52 bits per heavy atom. The second kappa shape index (κ2) is 13.0. The summed E-state index contributed by atoms with van der Waals surface area (Å²) in [5, 5.41) is 4.69. The Balaban J connectivity index is 1.20. The van der Waals surface area contributed by atoms with Crippen molar-refractivity contribution >= 4 is 15.8 Å². The number of nitrogens with zero attached hydrogens (tertiary/aromatic N) is 5. The minimum Gasteiger partial charge on any atom is -0.279 e. The van der Waals surface area contributed by atoms with E-state index in [2.05, 4.69) is 64.8 Å². The number of benzene rings is 3. The van der Waals surface area contributed by atoms with Gasteiger partial charge in [0.05, 0.1) is 29.5 Å². The van der Waals surface area contributed by atoms with Crippen molar-refractivity contribution in [1.29, 1.82) is 0 Å². The van der Waals surface area contributed by atoms with Crippen molar-refractivity contribution in [1.82, 2.24) is 24.3 Å². The summed E-state index contributed by atoms with van der Waals surface area (Å²) < 4.78 is 31.2. The Hall–Kier alpha value is -4.57. The van der Waals surface area contributed by atoms with Gasteiger partial charge in [0.15, 0.2) is 5.82 Å². The van der Waals surface area contributed by atoms with Crippen molar-refractivity contribution in [2.24, 2.45) is 0 Å². The van der Waals surface area contributed by atoms with Crippen molar-refractivity contribution in [3.63, 3.8) is 0 Å². The van der Waals surface area contributed by atoms with Crippen LogP contribution in [0.4, 0.5) is 5.82 Å². The number of aromatic nitrogens is 5. The second-order valence-corrected chi connectivity index (χ2v) is 13.5. The molecule has 0 amide bonds. The van der Waals surface area contributed by atoms with Gasteiger partial charge in [0, 0.05) is 18.5 Å². The molecular weight excluding hydrogens is 572 g/mol. The highest BCUT2D eigenvalue weighted by Gasteiger charge is 2.16. The topological polar surface area (TPSA) is 112 Å². The lowest BCUT2D eigenvalue weighted by atomic mass is 9.87. The van der Waals surface area contributed by atoms with Gasteiger partial charge in [-0.1, -0.05) is 87.5 Å². The molecule has 5 rings (SSSR count). The van der Waals surface area contributed by atoms with Crippen molar-refractivity contribution < 1.29 is 8.42 Å². The monoisotopic (exact) mass is 610 g/mol. The molecule has 0 atom stereocenters. The van der Waals surface area contributed by atoms with Gasteiger partial charge < -0.3 is 0 Å². The van der Waals surface area contributed by atoms with E-state index in [4.69, 9.17) is 0 Å². The van der Waals surface area contributed by atoms with Crippen LogP contribution in [0.3, 0.4) is 0 Å². The molecule has 10 heteroatoms. The predicted octanol–water partition coefficient (Wildman–Crippen LogP) is 5.84. The number of aryl methyl sites for hydroxylation is 2. The summed E-state index contributed by atoms with van der Waals surface area (Å²) in [5.41, 5.74) is 4.85. The highest BCUT2D eigenvalue weighted by Crippen LogP contribution is 2.23. The quantitative estimate of drug-likeness (QED) is 0.201. The van der Waals surface area contributed by atoms with Gasteiger partial charge in [-0.2, -0.15) is 5.10 Å². The summed E-state index contributed by atoms with van der Waals surface area (Å²) in [7, 11) is -3.76. The number of hydrogen-bond donors (Lipinski definition) is 1. The van der Waals surface area contributed by atoms with Crippen LogP contribution in [0.5, 0.6) is 0 Å². The van der Waals surface area contributed by atoms with Crippen molar-refractivity contribution in [3.05, 3.63) is 124 Å². The van der Waals surface area contributed by atoms with E-state index < -0.39 is 10.0 Å². The molecule has 0 saturated heterocycles. The van der Waals surface area contributed by atoms with Crippen LogP contribution in [-0.2, 0) is 41.4 Å². The molecule has 1 N–H and O–H groups in total. The molecule has 228 valence electrons. The molecule has 2 aromatic heterocycles. The van der Waals surface area contributed by atoms with Crippen LogP contribution in [0.2, 0.25) is 0 Å². The van der Waals surface area contributed by atoms with Crippen molar-refractivity contribution in [3.8, 4) is 11.3 Å². The zero-order chi connectivity index (χ0) is 31.3. The zero-order valence-electron chi connectivity index (χ0n) is 25.6. The Morgan fingerprint density at radius 3 is 2.18 bits per heavy atom. The second-order valence-electron chi connectivity index (χ2n) is 11.8. The first-order valence-corrected chi connectivity index (χ1v) is 16.3. The molecule has 0 aliphatic heterocycles. The maximum atomic E-state index is 13.0. The van der Waals surface area contributed by atoms with E-state index in [0.717, 1.165) is 35.4 Å². The number of sulfonamides is 1. The van der Waals surface area contributed by atoms with Crippen LogP contribution >= 0.6 is 0 Å². The Bertz CT molecular complexity index is 1870. The molecule has 2 heterocycles. The molecule has 0 radical (unpaired) electrons. The van der Waals surface area contributed by atoms with Gasteiger partial charge in [0.1, 0.15) is 5.82 Å². The van der Waals surface area contributed by atoms with E-state index in [9.17, 15) is 13.2 Å². The van der Waals surface area contributed by atoms with E-state index >= 15 is 0 Å². The predicted molar refractivity (Wildman–Crippen MR) is 173 cm³/mol. The molecule has 0 spiro atoms. The Labute approximate surface area is 258 Å². The smallest absolute Gasteiger partial charge is 0.279 e. The molecule has 0 aliphatic rings. The number of anilines is 1. The van der Waals surface area contributed by atoms with Gasteiger partial charge in [-0.15, -0.1) is 0 Å². The van der Waals surface area contributed by atoms with Crippen LogP contribution in [0, 0.1) is 0 Å². The molecule has 0 unspecified atom stereocenters. The normalized spacial score (nSPS) is 11.9. The maximum Gasteiger partial charge on any atom is 0.346 e. The third kappa shape index (κ3) is 7.31. The van der Waals surface area contributed by atoms with E-state index in [-0.39, 0.29) is 21.8 Å². The van der Waals surface area contributed by atoms with E-state index in [1.807, 2.05) is 31.2 Å². The van der Waals surface area contributed by atoms with Gasteiger partial charge in [-0.05, 0) is 54.0 Å². The Kier molecular flexibility index (Phi) is 9.10. The summed E-state index contributed by atoms with van der Waals surface area (Å²) >= 11 is 0. The highest BCUT2D eigenvalue weighted by atomic mass is 32.2. The number of nitrogens with one attached hydrogen (secondary N) is 1. The summed E-state index contributed by atoms with van der Waals surface area (Å²) in [4.78, 5) is 21.8. The van der Waals surface area contributed by atoms with Crippen molar-refractivity contribution in [2.75, 3.05) is 4.72 Å². The largest absolute Gasteiger partial charge is 0.346 e. The molecule has 9 nitrogen and oxygen atoms in total. The molecule has 0 aliphatic carbocycles. The molecule has 5 aromatic rings. The first kappa shape index (κ1) is 30.9. The molecule has 0 bridgehead atoms. The van der Waals surface area contributed by atoms with Gasteiger partial charge in [-0.3, -0.25) is 14.3 Å². The van der Waals surface area contributed by atoms with Crippen LogP contribution in [0.1, 0.15) is 56.6 Å². The highest BCUT2D eigenvalue weighted by molar-refractivity contribution is 7.92. The maximum absolute atomic E-state index is 13.0. The molecule has 0 fully saturated rings. The average molecular weight is 611 g/mol. The first-order valence-electron chi connectivity index (χ1n) is 14.8. The first-order chi connectivity index (χ1) is 21.0. The van der Waals surface area contributed by atoms with E-state index in [1.54, 1.807) is 33.6 Å². The summed E-state index contributed by atoms with van der Waals surface area (Å²) in [6.07, 6.45) is 5.34. The van der Waals surface area contributed by atoms with Crippen LogP contribution in [0.15, 0.2) is 101 Å². The summed E-state index contributed by atoms with van der Waals surface area (Å²) in [5.74, 6) is 0.948. The molecule has 3 aromatic carbocycles. The standard InChI is InChI=1S/C34H38N6O3S/c1-5-39-32(37-40(33(39)41)24-26-16-20-28(21-17-26)34(2,3)4)13-9-10-25-14-18-27(19-15-25)30-22-35-23-31(36-30)38-44(42,43)29-11-7-6-8-12-29/h6-8,11-12,14-23H,5,9-10,13,24H2,1-4H3,(H,36,38). The lowest BCUT2D eigenvalue weighted by Crippen LogP contribution is -2.25. The average Bonchev–Trinajstić information content (AvgIpc) is 3.31. The van der Waals surface area contributed by atoms with Crippen LogP contribution in [-0.4, -0.2) is 32.7 Å². The van der Waals surface area contributed by atoms with Gasteiger partial charge in [-0.25, -0.2) is 22.9 Å². The van der Waals surface area contributed by atoms with Gasteiger partial charge in [0.2, 0.25) is 0 Å². The van der Waals surface area contributed by atoms with Gasteiger partial charge in [0.25, 0.3) is 10.0 Å². The fourth-order valence-corrected chi connectivity index (χ4v) is 6.02. The SMILES string of the molecule is CCn1c(CCCc2ccc(-c3cncc(NS(=O)(=O)c4ccccc4)n3)cc2)nn(Cc2ccc(C(C)(C)C)cc2)c1=O. The minimum absolute atomic E-state index is 0.0807. The van der Waals surface area contributed by atoms with Crippen molar-refractivity contribution in [2.45, 2.75) is 70.4 Å². The fraction of sp³-hybridized carbons (Fsp3) is 0.294. The Morgan fingerprint density at radius 1 is 0.841 bits per heavy atom. The summed E-state index contributed by atoms with van der Waals surface area (Å²) in [6.45, 7) is 9.55. The lowest BCUT2D eigenvalue weighted by molar-refractivity contribution is 0.588. The number of rotatable bonds is 11. The molecule has 0 saturated carbocycles. The van der Waals surface area contributed by atoms with E-state index in [0.29, 0.717) is 25.2 Å². The van der Waals surface area contributed by atoms with E-state index in [1.165, 1.54) is 23.9 Å². The molecule has 44 heavy (non-hydrogen) atoms.